The van der Waals surface area contributed by atoms with Crippen LogP contribution in [0.1, 0.15) is 6.92 Å². The first-order valence-electron chi connectivity index (χ1n) is 6.41. The first-order valence-corrected chi connectivity index (χ1v) is 6.41. The summed E-state index contributed by atoms with van der Waals surface area (Å²) in [5.41, 5.74) is 2.46. The molecule has 0 aliphatic rings. The number of aryl methyl sites for hydroxylation is 1. The third-order valence-electron chi connectivity index (χ3n) is 3.00. The number of hydrogen-bond donors (Lipinski definition) is 0. The Kier molecular flexibility index (Phi) is 3.25. The van der Waals surface area contributed by atoms with E-state index in [-0.39, 0.29) is 0 Å². The predicted molar refractivity (Wildman–Crippen MR) is 74.3 cm³/mol. The number of benzene rings is 1. The lowest BCUT2D eigenvalue weighted by Gasteiger charge is -2.01. The molecule has 20 heavy (non-hydrogen) atoms. The van der Waals surface area contributed by atoms with Gasteiger partial charge in [0.25, 0.3) is 0 Å². The van der Waals surface area contributed by atoms with Crippen LogP contribution in [-0.4, -0.2) is 20.0 Å². The summed E-state index contributed by atoms with van der Waals surface area (Å²) < 4.78 is 13.9. The molecule has 100 valence electrons. The highest BCUT2D eigenvalue weighted by Gasteiger charge is 2.17. The van der Waals surface area contributed by atoms with Crippen molar-refractivity contribution in [3.8, 4) is 22.5 Å². The van der Waals surface area contributed by atoms with Crippen LogP contribution in [0.4, 0.5) is 4.39 Å². The molecule has 4 nitrogen and oxygen atoms in total. The minimum atomic E-state index is -0.534. The number of pyridine rings is 1. The smallest absolute Gasteiger partial charge is 0.222 e. The van der Waals surface area contributed by atoms with E-state index in [9.17, 15) is 4.39 Å². The number of aromatic nitrogens is 4. The van der Waals surface area contributed by atoms with Crippen molar-refractivity contribution in [1.82, 2.24) is 20.0 Å². The van der Waals surface area contributed by atoms with Crippen molar-refractivity contribution in [3.63, 3.8) is 0 Å². The monoisotopic (exact) mass is 268 g/mol. The van der Waals surface area contributed by atoms with Crippen LogP contribution in [0.25, 0.3) is 22.5 Å². The van der Waals surface area contributed by atoms with Gasteiger partial charge in [-0.15, -0.1) is 0 Å². The second kappa shape index (κ2) is 5.21. The van der Waals surface area contributed by atoms with Gasteiger partial charge in [0.1, 0.15) is 11.4 Å². The van der Waals surface area contributed by atoms with E-state index < -0.39 is 5.95 Å². The van der Waals surface area contributed by atoms with Gasteiger partial charge in [-0.05, 0) is 19.1 Å². The first kappa shape index (κ1) is 12.5. The van der Waals surface area contributed by atoms with Gasteiger partial charge in [0.2, 0.25) is 5.95 Å². The van der Waals surface area contributed by atoms with E-state index >= 15 is 0 Å². The van der Waals surface area contributed by atoms with Crippen molar-refractivity contribution in [2.45, 2.75) is 13.5 Å². The van der Waals surface area contributed by atoms with Crippen LogP contribution in [0.15, 0.2) is 48.7 Å². The molecule has 0 saturated heterocycles. The van der Waals surface area contributed by atoms with Crippen molar-refractivity contribution in [2.75, 3.05) is 0 Å². The van der Waals surface area contributed by atoms with Crippen LogP contribution >= 0.6 is 0 Å². The lowest BCUT2D eigenvalue weighted by molar-refractivity contribution is 0.568. The fourth-order valence-electron chi connectivity index (χ4n) is 2.02. The molecule has 0 amide bonds. The highest BCUT2D eigenvalue weighted by Crippen LogP contribution is 2.29. The van der Waals surface area contributed by atoms with Gasteiger partial charge >= 0.3 is 0 Å². The van der Waals surface area contributed by atoms with Crippen LogP contribution in [0.3, 0.4) is 0 Å². The topological polar surface area (TPSA) is 43.6 Å². The minimum absolute atomic E-state index is 0.367. The summed E-state index contributed by atoms with van der Waals surface area (Å²) in [6, 6.07) is 13.0. The summed E-state index contributed by atoms with van der Waals surface area (Å²) in [5, 5.41) is 8.79. The van der Waals surface area contributed by atoms with Gasteiger partial charge in [-0.2, -0.15) is 19.4 Å². The zero-order valence-corrected chi connectivity index (χ0v) is 11.0. The normalized spacial score (nSPS) is 10.7. The summed E-state index contributed by atoms with van der Waals surface area (Å²) in [7, 11) is 0. The Morgan fingerprint density at radius 2 is 1.75 bits per heavy atom. The summed E-state index contributed by atoms with van der Waals surface area (Å²) in [6.07, 6.45) is 1.42. The molecule has 0 aliphatic carbocycles. The average Bonchev–Trinajstić information content (AvgIpc) is 2.93. The maximum absolute atomic E-state index is 13.9. The Labute approximate surface area is 115 Å². The summed E-state index contributed by atoms with van der Waals surface area (Å²) in [5.74, 6) is -0.534. The predicted octanol–water partition coefficient (Wildman–Crippen LogP) is 3.17. The van der Waals surface area contributed by atoms with Crippen LogP contribution in [0, 0.1) is 5.95 Å². The lowest BCUT2D eigenvalue weighted by atomic mass is 10.1. The molecule has 0 radical (unpaired) electrons. The van der Waals surface area contributed by atoms with E-state index in [4.69, 9.17) is 0 Å². The third kappa shape index (κ3) is 2.18. The van der Waals surface area contributed by atoms with Gasteiger partial charge < -0.3 is 0 Å². The first-order chi connectivity index (χ1) is 9.79. The zero-order chi connectivity index (χ0) is 13.9. The number of hydrogen-bond acceptors (Lipinski definition) is 3. The third-order valence-corrected chi connectivity index (χ3v) is 3.00. The number of rotatable bonds is 3. The average molecular weight is 268 g/mol. The molecular weight excluding hydrogens is 255 g/mol. The summed E-state index contributed by atoms with van der Waals surface area (Å²) >= 11 is 0. The molecule has 0 atom stereocenters. The highest BCUT2D eigenvalue weighted by molar-refractivity contribution is 5.77. The quantitative estimate of drug-likeness (QED) is 0.685. The Hall–Kier alpha value is -2.56. The van der Waals surface area contributed by atoms with Crippen molar-refractivity contribution < 1.29 is 4.39 Å². The molecular formula is C15H13FN4. The van der Waals surface area contributed by atoms with Gasteiger partial charge in [0, 0.05) is 11.8 Å². The fraction of sp³-hybridized carbons (Fsp3) is 0.133. The zero-order valence-electron chi connectivity index (χ0n) is 11.0. The maximum Gasteiger partial charge on any atom is 0.222 e. The Balaban J connectivity index is 2.21. The van der Waals surface area contributed by atoms with Crippen LogP contribution in [-0.2, 0) is 6.54 Å². The molecule has 0 aliphatic heterocycles. The van der Waals surface area contributed by atoms with E-state index in [1.54, 1.807) is 16.9 Å². The molecule has 0 unspecified atom stereocenters. The molecule has 0 N–H and O–H groups in total. The SMILES string of the molecule is CCn1nc(-c2ccccc2)c(-c2cccnc2F)n1. The lowest BCUT2D eigenvalue weighted by Crippen LogP contribution is -1.98. The van der Waals surface area contributed by atoms with Crippen LogP contribution in [0.5, 0.6) is 0 Å². The molecule has 3 aromatic rings. The Morgan fingerprint density at radius 3 is 2.45 bits per heavy atom. The minimum Gasteiger partial charge on any atom is -0.228 e. The van der Waals surface area contributed by atoms with Crippen molar-refractivity contribution in [3.05, 3.63) is 54.6 Å². The molecule has 0 spiro atoms. The van der Waals surface area contributed by atoms with Gasteiger partial charge in [-0.1, -0.05) is 30.3 Å². The second-order valence-corrected chi connectivity index (χ2v) is 4.29. The summed E-state index contributed by atoms with van der Waals surface area (Å²) in [6.45, 7) is 2.57. The standard InChI is InChI=1S/C15H13FN4/c1-2-20-18-13(11-7-4-3-5-8-11)14(19-20)12-9-6-10-17-15(12)16/h3-10H,2H2,1H3. The van der Waals surface area contributed by atoms with Gasteiger partial charge in [-0.3, -0.25) is 0 Å². The Bertz CT molecular complexity index is 722. The van der Waals surface area contributed by atoms with Crippen LogP contribution < -0.4 is 0 Å². The van der Waals surface area contributed by atoms with E-state index in [0.717, 1.165) is 5.56 Å². The Morgan fingerprint density at radius 1 is 1.00 bits per heavy atom. The molecule has 2 aromatic heterocycles. The number of halogens is 1. The van der Waals surface area contributed by atoms with E-state index in [1.807, 2.05) is 37.3 Å². The molecule has 1 aromatic carbocycles. The largest absolute Gasteiger partial charge is 0.228 e. The van der Waals surface area contributed by atoms with Crippen molar-refractivity contribution in [2.24, 2.45) is 0 Å². The van der Waals surface area contributed by atoms with E-state index in [1.165, 1.54) is 6.20 Å². The molecule has 0 fully saturated rings. The van der Waals surface area contributed by atoms with Crippen LogP contribution in [0.2, 0.25) is 0 Å². The van der Waals surface area contributed by atoms with Crippen molar-refractivity contribution >= 4 is 0 Å². The van der Waals surface area contributed by atoms with E-state index in [0.29, 0.717) is 23.5 Å². The van der Waals surface area contributed by atoms with Gasteiger partial charge in [0.05, 0.1) is 12.1 Å². The van der Waals surface area contributed by atoms with E-state index in [2.05, 4.69) is 15.2 Å². The fourth-order valence-corrected chi connectivity index (χ4v) is 2.02. The molecule has 5 heteroatoms. The van der Waals surface area contributed by atoms with Gasteiger partial charge in [-0.25, -0.2) is 4.98 Å². The molecule has 2 heterocycles. The molecule has 3 rings (SSSR count). The maximum atomic E-state index is 13.9. The van der Waals surface area contributed by atoms with Gasteiger partial charge in [0.15, 0.2) is 0 Å². The second-order valence-electron chi connectivity index (χ2n) is 4.29. The molecule has 0 bridgehead atoms. The van der Waals surface area contributed by atoms with Crippen molar-refractivity contribution in [1.29, 1.82) is 0 Å². The highest BCUT2D eigenvalue weighted by atomic mass is 19.1. The summed E-state index contributed by atoms with van der Waals surface area (Å²) in [4.78, 5) is 5.24. The number of nitrogens with zero attached hydrogens (tertiary/aromatic N) is 4. The molecule has 0 saturated carbocycles.